The number of nitrogens with one attached hydrogen (secondary N) is 3. The minimum absolute atomic E-state index is 0.136. The van der Waals surface area contributed by atoms with Crippen LogP contribution in [0.5, 0.6) is 0 Å². The molecule has 4 amide bonds. The van der Waals surface area contributed by atoms with Crippen molar-refractivity contribution in [1.82, 2.24) is 16.0 Å². The average molecular weight is 484 g/mol. The molecule has 8 N–H and O–H groups in total. The third-order valence-electron chi connectivity index (χ3n) is 5.01. The van der Waals surface area contributed by atoms with Gasteiger partial charge in [0, 0.05) is 6.42 Å². The Hall–Kier alpha value is -4.25. The molecule has 0 saturated carbocycles. The number of primary amides is 1. The second-order valence-corrected chi connectivity index (χ2v) is 7.89. The summed E-state index contributed by atoms with van der Waals surface area (Å²) in [6, 6.07) is 14.6. The third-order valence-corrected chi connectivity index (χ3v) is 5.01. The van der Waals surface area contributed by atoms with E-state index in [0.29, 0.717) is 0 Å². The lowest BCUT2D eigenvalue weighted by molar-refractivity contribution is -0.143. The molecule has 0 bridgehead atoms. The number of hydrogen-bond donors (Lipinski definition) is 6. The predicted octanol–water partition coefficient (Wildman–Crippen LogP) is -1.16. The van der Waals surface area contributed by atoms with Crippen molar-refractivity contribution in [3.8, 4) is 0 Å². The number of aliphatic carboxylic acids is 1. The maximum Gasteiger partial charge on any atom is 0.326 e. The summed E-state index contributed by atoms with van der Waals surface area (Å²) in [5.74, 6) is -4.38. The molecule has 2 rings (SSSR count). The number of amides is 4. The number of carboxylic acid groups (broad SMARTS) is 1. The van der Waals surface area contributed by atoms with Gasteiger partial charge in [0.2, 0.25) is 23.6 Å². The molecule has 0 fully saturated rings. The number of benzene rings is 2. The van der Waals surface area contributed by atoms with Crippen LogP contribution in [-0.2, 0) is 36.8 Å². The van der Waals surface area contributed by atoms with Gasteiger partial charge in [0.15, 0.2) is 0 Å². The van der Waals surface area contributed by atoms with Gasteiger partial charge in [-0.05, 0) is 17.5 Å². The van der Waals surface area contributed by atoms with Gasteiger partial charge >= 0.3 is 5.97 Å². The van der Waals surface area contributed by atoms with Crippen LogP contribution in [0.4, 0.5) is 0 Å². The molecule has 186 valence electrons. The Morgan fingerprint density at radius 2 is 1.31 bits per heavy atom. The van der Waals surface area contributed by atoms with Gasteiger partial charge < -0.3 is 32.5 Å². The first-order valence-corrected chi connectivity index (χ1v) is 10.9. The summed E-state index contributed by atoms with van der Waals surface area (Å²) in [6.07, 6.45) is -0.191. The van der Waals surface area contributed by atoms with Crippen molar-refractivity contribution < 1.29 is 29.1 Å². The van der Waals surface area contributed by atoms with Crippen LogP contribution in [0.15, 0.2) is 60.7 Å². The van der Waals surface area contributed by atoms with E-state index in [1.54, 1.807) is 24.3 Å². The van der Waals surface area contributed by atoms with Crippen LogP contribution < -0.4 is 27.4 Å². The average Bonchev–Trinajstić information content (AvgIpc) is 2.82. The first-order valence-electron chi connectivity index (χ1n) is 10.9. The summed E-state index contributed by atoms with van der Waals surface area (Å²) in [6.45, 7) is -0.571. The maximum atomic E-state index is 12.8. The molecule has 3 unspecified atom stereocenters. The fourth-order valence-electron chi connectivity index (χ4n) is 3.24. The standard InChI is InChI=1S/C24H29N5O6/c25-17(11-15-7-3-1-4-8-15)22(32)29-18(12-16-9-5-2-6-10-16)23(33)27-14-21(31)28-19(24(34)35)13-20(26)30/h1-10,17-19H,11-14,25H2,(H2,26,30)(H,27,33)(H,28,31)(H,29,32)(H,34,35). The highest BCUT2D eigenvalue weighted by atomic mass is 16.4. The molecular formula is C24H29N5O6. The van der Waals surface area contributed by atoms with E-state index in [2.05, 4.69) is 16.0 Å². The molecule has 0 aliphatic carbocycles. The zero-order valence-corrected chi connectivity index (χ0v) is 19.0. The van der Waals surface area contributed by atoms with Crippen molar-refractivity contribution in [1.29, 1.82) is 0 Å². The van der Waals surface area contributed by atoms with Crippen LogP contribution >= 0.6 is 0 Å². The molecule has 2 aromatic rings. The van der Waals surface area contributed by atoms with E-state index in [1.165, 1.54) is 0 Å². The molecular weight excluding hydrogens is 454 g/mol. The Bertz CT molecular complexity index is 1030. The van der Waals surface area contributed by atoms with Gasteiger partial charge in [-0.2, -0.15) is 0 Å². The van der Waals surface area contributed by atoms with Crippen molar-refractivity contribution in [2.24, 2.45) is 11.5 Å². The second-order valence-electron chi connectivity index (χ2n) is 7.89. The summed E-state index contributed by atoms with van der Waals surface area (Å²) in [4.78, 5) is 59.8. The minimum Gasteiger partial charge on any atom is -0.480 e. The SMILES string of the molecule is NC(=O)CC(NC(=O)CNC(=O)C(Cc1ccccc1)NC(=O)C(N)Cc1ccccc1)C(=O)O. The van der Waals surface area contributed by atoms with Gasteiger partial charge in [-0.15, -0.1) is 0 Å². The molecule has 35 heavy (non-hydrogen) atoms. The highest BCUT2D eigenvalue weighted by Gasteiger charge is 2.26. The van der Waals surface area contributed by atoms with E-state index >= 15 is 0 Å². The lowest BCUT2D eigenvalue weighted by Gasteiger charge is -2.21. The lowest BCUT2D eigenvalue weighted by Crippen LogP contribution is -2.54. The zero-order valence-electron chi connectivity index (χ0n) is 19.0. The number of carboxylic acids is 1. The highest BCUT2D eigenvalue weighted by molar-refractivity contribution is 5.93. The number of nitrogens with two attached hydrogens (primary N) is 2. The van der Waals surface area contributed by atoms with Crippen molar-refractivity contribution >= 4 is 29.6 Å². The zero-order chi connectivity index (χ0) is 25.8. The number of carbonyl (C=O) groups excluding carboxylic acids is 4. The Balaban J connectivity index is 2.02. The Labute approximate surface area is 202 Å². The molecule has 11 heteroatoms. The van der Waals surface area contributed by atoms with E-state index in [1.807, 2.05) is 36.4 Å². The third kappa shape index (κ3) is 9.64. The summed E-state index contributed by atoms with van der Waals surface area (Å²) in [5, 5.41) is 16.2. The van der Waals surface area contributed by atoms with Crippen molar-refractivity contribution in [2.75, 3.05) is 6.54 Å². The van der Waals surface area contributed by atoms with Crippen molar-refractivity contribution in [3.05, 3.63) is 71.8 Å². The summed E-state index contributed by atoms with van der Waals surface area (Å²) >= 11 is 0. The topological polar surface area (TPSA) is 194 Å². The molecule has 11 nitrogen and oxygen atoms in total. The van der Waals surface area contributed by atoms with E-state index in [0.717, 1.165) is 11.1 Å². The van der Waals surface area contributed by atoms with Crippen LogP contribution in [0, 0.1) is 0 Å². The fraction of sp³-hybridized carbons (Fsp3) is 0.292. The van der Waals surface area contributed by atoms with Gasteiger partial charge in [-0.25, -0.2) is 4.79 Å². The predicted molar refractivity (Wildman–Crippen MR) is 127 cm³/mol. The van der Waals surface area contributed by atoms with Crippen LogP contribution in [0.3, 0.4) is 0 Å². The Morgan fingerprint density at radius 3 is 1.83 bits per heavy atom. The normalized spacial score (nSPS) is 13.1. The number of hydrogen-bond acceptors (Lipinski definition) is 6. The van der Waals surface area contributed by atoms with Crippen LogP contribution in [0.2, 0.25) is 0 Å². The molecule has 0 radical (unpaired) electrons. The van der Waals surface area contributed by atoms with Gasteiger partial charge in [0.25, 0.3) is 0 Å². The molecule has 0 heterocycles. The van der Waals surface area contributed by atoms with E-state index in [-0.39, 0.29) is 12.8 Å². The first kappa shape index (κ1) is 27.0. The largest absolute Gasteiger partial charge is 0.480 e. The van der Waals surface area contributed by atoms with Crippen LogP contribution in [0.25, 0.3) is 0 Å². The molecule has 0 aromatic heterocycles. The molecule has 0 saturated heterocycles. The Morgan fingerprint density at radius 1 is 0.771 bits per heavy atom. The van der Waals surface area contributed by atoms with E-state index in [9.17, 15) is 24.0 Å². The molecule has 2 aromatic carbocycles. The maximum absolute atomic E-state index is 12.8. The van der Waals surface area contributed by atoms with Crippen LogP contribution in [-0.4, -0.2) is 59.4 Å². The van der Waals surface area contributed by atoms with Gasteiger partial charge in [-0.3, -0.25) is 19.2 Å². The molecule has 0 aliphatic heterocycles. The van der Waals surface area contributed by atoms with E-state index in [4.69, 9.17) is 16.6 Å². The number of carbonyl (C=O) groups is 5. The number of rotatable bonds is 13. The van der Waals surface area contributed by atoms with Crippen molar-refractivity contribution in [2.45, 2.75) is 37.4 Å². The quantitative estimate of drug-likeness (QED) is 0.207. The lowest BCUT2D eigenvalue weighted by atomic mass is 10.0. The second kappa shape index (κ2) is 13.5. The first-order chi connectivity index (χ1) is 16.7. The van der Waals surface area contributed by atoms with Gasteiger partial charge in [-0.1, -0.05) is 60.7 Å². The summed E-state index contributed by atoms with van der Waals surface area (Å²) in [5.41, 5.74) is 12.6. The van der Waals surface area contributed by atoms with Crippen LogP contribution in [0.1, 0.15) is 17.5 Å². The smallest absolute Gasteiger partial charge is 0.326 e. The fourth-order valence-corrected chi connectivity index (χ4v) is 3.24. The summed E-state index contributed by atoms with van der Waals surface area (Å²) in [7, 11) is 0. The summed E-state index contributed by atoms with van der Waals surface area (Å²) < 4.78 is 0. The minimum atomic E-state index is -1.52. The van der Waals surface area contributed by atoms with Gasteiger partial charge in [0.05, 0.1) is 19.0 Å². The van der Waals surface area contributed by atoms with E-state index < -0.39 is 60.7 Å². The molecule has 0 aliphatic rings. The molecule has 3 atom stereocenters. The van der Waals surface area contributed by atoms with Crippen molar-refractivity contribution in [3.63, 3.8) is 0 Å². The van der Waals surface area contributed by atoms with Gasteiger partial charge in [0.1, 0.15) is 12.1 Å². The molecule has 0 spiro atoms. The monoisotopic (exact) mass is 483 g/mol. The highest BCUT2D eigenvalue weighted by Crippen LogP contribution is 2.06. The Kier molecular flexibility index (Phi) is 10.4.